The maximum atomic E-state index is 12.8. The second-order valence-corrected chi connectivity index (χ2v) is 8.39. The van der Waals surface area contributed by atoms with Crippen molar-refractivity contribution >= 4 is 15.9 Å². The molecule has 0 fully saturated rings. The van der Waals surface area contributed by atoms with Gasteiger partial charge in [-0.15, -0.1) is 0 Å². The van der Waals surface area contributed by atoms with Crippen LogP contribution in [0, 0.1) is 0 Å². The van der Waals surface area contributed by atoms with Gasteiger partial charge in [-0.05, 0) is 36.8 Å². The van der Waals surface area contributed by atoms with Crippen LogP contribution in [0.5, 0.6) is 17.2 Å². The Hall–Kier alpha value is -2.78. The maximum absolute atomic E-state index is 12.8. The molecule has 2 rings (SSSR count). The minimum absolute atomic E-state index is 0.00801. The lowest BCUT2D eigenvalue weighted by molar-refractivity contribution is -0.121. The van der Waals surface area contributed by atoms with Crippen molar-refractivity contribution in [1.29, 1.82) is 0 Å². The van der Waals surface area contributed by atoms with Gasteiger partial charge < -0.3 is 19.5 Å². The van der Waals surface area contributed by atoms with Crippen LogP contribution >= 0.6 is 0 Å². The lowest BCUT2D eigenvalue weighted by Crippen LogP contribution is -2.39. The highest BCUT2D eigenvalue weighted by atomic mass is 32.2. The van der Waals surface area contributed by atoms with E-state index in [1.54, 1.807) is 19.2 Å². The third-order valence-electron chi connectivity index (χ3n) is 4.42. The van der Waals surface area contributed by atoms with Crippen molar-refractivity contribution in [3.05, 3.63) is 48.0 Å². The van der Waals surface area contributed by atoms with Crippen LogP contribution in [-0.2, 0) is 14.8 Å². The van der Waals surface area contributed by atoms with Gasteiger partial charge in [-0.1, -0.05) is 12.1 Å². The molecule has 158 valence electrons. The molecule has 0 aromatic heterocycles. The molecule has 9 heteroatoms. The number of sulfonamides is 1. The molecule has 1 atom stereocenters. The van der Waals surface area contributed by atoms with Crippen molar-refractivity contribution in [1.82, 2.24) is 9.62 Å². The first-order chi connectivity index (χ1) is 13.7. The molecular formula is C20H26N2O6S. The molecule has 2 aromatic carbocycles. The Kier molecular flexibility index (Phi) is 7.46. The van der Waals surface area contributed by atoms with Gasteiger partial charge in [0.1, 0.15) is 5.75 Å². The minimum Gasteiger partial charge on any atom is -0.497 e. The molecular weight excluding hydrogens is 396 g/mol. The van der Waals surface area contributed by atoms with Crippen molar-refractivity contribution in [3.8, 4) is 17.2 Å². The number of rotatable bonds is 9. The number of hydrogen-bond donors (Lipinski definition) is 1. The molecule has 0 bridgehead atoms. The number of methoxy groups -OCH3 is 3. The Morgan fingerprint density at radius 1 is 1.00 bits per heavy atom. The summed E-state index contributed by atoms with van der Waals surface area (Å²) < 4.78 is 42.0. The zero-order valence-corrected chi connectivity index (χ0v) is 17.9. The maximum Gasteiger partial charge on any atom is 0.243 e. The van der Waals surface area contributed by atoms with Crippen LogP contribution in [-0.4, -0.2) is 53.6 Å². The van der Waals surface area contributed by atoms with Crippen molar-refractivity contribution in [2.45, 2.75) is 17.9 Å². The molecule has 2 aromatic rings. The van der Waals surface area contributed by atoms with Crippen LogP contribution in [0.4, 0.5) is 0 Å². The van der Waals surface area contributed by atoms with Gasteiger partial charge in [0.05, 0.1) is 38.8 Å². The average Bonchev–Trinajstić information content (AvgIpc) is 2.72. The van der Waals surface area contributed by atoms with Crippen LogP contribution < -0.4 is 19.5 Å². The SMILES string of the molecule is COc1ccc(C(C)NC(=O)CN(C)S(=O)(=O)c2ccc(OC)c(OC)c2)cc1. The topological polar surface area (TPSA) is 94.2 Å². The molecule has 0 radical (unpaired) electrons. The van der Waals surface area contributed by atoms with Gasteiger partial charge in [-0.2, -0.15) is 4.31 Å². The van der Waals surface area contributed by atoms with Gasteiger partial charge in [0.2, 0.25) is 15.9 Å². The summed E-state index contributed by atoms with van der Waals surface area (Å²) in [5, 5.41) is 2.80. The van der Waals surface area contributed by atoms with E-state index in [4.69, 9.17) is 14.2 Å². The summed E-state index contributed by atoms with van der Waals surface area (Å²) >= 11 is 0. The predicted molar refractivity (Wildman–Crippen MR) is 109 cm³/mol. The number of nitrogens with one attached hydrogen (secondary N) is 1. The molecule has 29 heavy (non-hydrogen) atoms. The first-order valence-corrected chi connectivity index (χ1v) is 10.3. The largest absolute Gasteiger partial charge is 0.497 e. The molecule has 0 spiro atoms. The van der Waals surface area contributed by atoms with E-state index in [0.29, 0.717) is 17.2 Å². The highest BCUT2D eigenvalue weighted by Crippen LogP contribution is 2.30. The van der Waals surface area contributed by atoms with Crippen LogP contribution in [0.3, 0.4) is 0 Å². The Labute approximate surface area is 171 Å². The summed E-state index contributed by atoms with van der Waals surface area (Å²) in [5.74, 6) is 1.01. The third kappa shape index (κ3) is 5.39. The van der Waals surface area contributed by atoms with Gasteiger partial charge >= 0.3 is 0 Å². The Morgan fingerprint density at radius 2 is 1.62 bits per heavy atom. The molecule has 0 saturated heterocycles. The fourth-order valence-electron chi connectivity index (χ4n) is 2.71. The molecule has 8 nitrogen and oxygen atoms in total. The summed E-state index contributed by atoms with van der Waals surface area (Å²) in [7, 11) is 1.94. The van der Waals surface area contributed by atoms with E-state index < -0.39 is 15.9 Å². The minimum atomic E-state index is -3.88. The first-order valence-electron chi connectivity index (χ1n) is 8.84. The van der Waals surface area contributed by atoms with Crippen molar-refractivity contribution < 1.29 is 27.4 Å². The van der Waals surface area contributed by atoms with Gasteiger partial charge in [0, 0.05) is 13.1 Å². The number of hydrogen-bond acceptors (Lipinski definition) is 6. The van der Waals surface area contributed by atoms with Gasteiger partial charge in [0.25, 0.3) is 0 Å². The van der Waals surface area contributed by atoms with E-state index in [1.807, 2.05) is 19.1 Å². The molecule has 1 N–H and O–H groups in total. The highest BCUT2D eigenvalue weighted by Gasteiger charge is 2.25. The second-order valence-electron chi connectivity index (χ2n) is 6.34. The first kappa shape index (κ1) is 22.5. The number of benzene rings is 2. The molecule has 1 unspecified atom stereocenters. The summed E-state index contributed by atoms with van der Waals surface area (Å²) in [6.07, 6.45) is 0. The molecule has 0 aliphatic carbocycles. The van der Waals surface area contributed by atoms with Crippen LogP contribution in [0.15, 0.2) is 47.4 Å². The Morgan fingerprint density at radius 3 is 2.17 bits per heavy atom. The fourth-order valence-corrected chi connectivity index (χ4v) is 3.85. The Balaban J connectivity index is 2.07. The standard InChI is InChI=1S/C20H26N2O6S/c1-14(15-6-8-16(26-3)9-7-15)21-20(23)13-22(2)29(24,25)17-10-11-18(27-4)19(12-17)28-5/h6-12,14H,13H2,1-5H3,(H,21,23). The number of ether oxygens (including phenoxy) is 3. The predicted octanol–water partition coefficient (Wildman–Crippen LogP) is 2.21. The number of likely N-dealkylation sites (N-methyl/N-ethyl adjacent to an activating group) is 1. The molecule has 0 saturated carbocycles. The number of carbonyl (C=O) groups excluding carboxylic acids is 1. The van der Waals surface area contributed by atoms with Crippen molar-refractivity contribution in [3.63, 3.8) is 0 Å². The summed E-state index contributed by atoms with van der Waals surface area (Å²) in [6.45, 7) is 1.50. The molecule has 0 aliphatic heterocycles. The quantitative estimate of drug-likeness (QED) is 0.666. The van der Waals surface area contributed by atoms with Gasteiger partial charge in [-0.3, -0.25) is 4.79 Å². The Bertz CT molecular complexity index is 944. The van der Waals surface area contributed by atoms with Crippen LogP contribution in [0.1, 0.15) is 18.5 Å². The zero-order chi connectivity index (χ0) is 21.6. The zero-order valence-electron chi connectivity index (χ0n) is 17.1. The summed E-state index contributed by atoms with van der Waals surface area (Å²) in [5.41, 5.74) is 0.879. The number of nitrogens with zero attached hydrogens (tertiary/aromatic N) is 1. The van der Waals surface area contributed by atoms with Gasteiger partial charge in [-0.25, -0.2) is 8.42 Å². The monoisotopic (exact) mass is 422 g/mol. The van der Waals surface area contributed by atoms with E-state index in [2.05, 4.69) is 5.32 Å². The van der Waals surface area contributed by atoms with Gasteiger partial charge in [0.15, 0.2) is 11.5 Å². The smallest absolute Gasteiger partial charge is 0.243 e. The van der Waals surface area contributed by atoms with E-state index >= 15 is 0 Å². The number of amides is 1. The normalized spacial score (nSPS) is 12.3. The lowest BCUT2D eigenvalue weighted by Gasteiger charge is -2.20. The second kappa shape index (κ2) is 9.62. The van der Waals surface area contributed by atoms with E-state index in [1.165, 1.54) is 39.5 Å². The van der Waals surface area contributed by atoms with E-state index in [-0.39, 0.29) is 17.5 Å². The third-order valence-corrected chi connectivity index (χ3v) is 6.22. The highest BCUT2D eigenvalue weighted by molar-refractivity contribution is 7.89. The fraction of sp³-hybridized carbons (Fsp3) is 0.350. The lowest BCUT2D eigenvalue weighted by atomic mass is 10.1. The van der Waals surface area contributed by atoms with Crippen LogP contribution in [0.25, 0.3) is 0 Å². The average molecular weight is 423 g/mol. The molecule has 0 heterocycles. The van der Waals surface area contributed by atoms with E-state index in [9.17, 15) is 13.2 Å². The van der Waals surface area contributed by atoms with E-state index in [0.717, 1.165) is 9.87 Å². The molecule has 0 aliphatic rings. The van der Waals surface area contributed by atoms with Crippen molar-refractivity contribution in [2.24, 2.45) is 0 Å². The summed E-state index contributed by atoms with van der Waals surface area (Å²) in [6, 6.07) is 11.3. The summed E-state index contributed by atoms with van der Waals surface area (Å²) in [4.78, 5) is 12.4. The number of carbonyl (C=O) groups is 1. The molecule has 1 amide bonds. The van der Waals surface area contributed by atoms with Crippen molar-refractivity contribution in [2.75, 3.05) is 34.9 Å². The van der Waals surface area contributed by atoms with Crippen LogP contribution in [0.2, 0.25) is 0 Å².